The number of benzene rings is 1. The number of rotatable bonds is 7. The normalized spacial score (nSPS) is 11.3. The molecule has 3 heterocycles. The maximum Gasteiger partial charge on any atom is 0.349 e. The van der Waals surface area contributed by atoms with Gasteiger partial charge in [0.2, 0.25) is 11.7 Å². The fourth-order valence-corrected chi connectivity index (χ4v) is 5.26. The summed E-state index contributed by atoms with van der Waals surface area (Å²) in [6.07, 6.45) is 3.47. The third-order valence-electron chi connectivity index (χ3n) is 4.28. The van der Waals surface area contributed by atoms with E-state index in [2.05, 4.69) is 24.6 Å². The molecule has 0 saturated carbocycles. The summed E-state index contributed by atoms with van der Waals surface area (Å²) >= 11 is 0.995. The average molecular weight is 457 g/mol. The van der Waals surface area contributed by atoms with Crippen molar-refractivity contribution in [2.45, 2.75) is 11.3 Å². The number of esters is 1. The van der Waals surface area contributed by atoms with Crippen molar-refractivity contribution in [1.29, 1.82) is 0 Å². The molecule has 0 fully saturated rings. The van der Waals surface area contributed by atoms with E-state index in [1.165, 1.54) is 18.6 Å². The standard InChI is InChI=1S/C20H16N4O5S2/c1-28-20(25)18-16(8-10-30-18)31(26,27)24-15-7-3-2-5-13(15)11-17-22-19(23-29-17)14-6-4-9-21-12-14/h2-10,12,24H,11H2,1H3. The van der Waals surface area contributed by atoms with Crippen LogP contribution in [0.4, 0.5) is 5.69 Å². The zero-order chi connectivity index (χ0) is 21.8. The number of anilines is 1. The van der Waals surface area contributed by atoms with Crippen LogP contribution >= 0.6 is 11.3 Å². The molecule has 9 nitrogen and oxygen atoms in total. The van der Waals surface area contributed by atoms with E-state index in [-0.39, 0.29) is 16.2 Å². The van der Waals surface area contributed by atoms with Gasteiger partial charge in [0.25, 0.3) is 10.0 Å². The molecule has 11 heteroatoms. The van der Waals surface area contributed by atoms with Crippen molar-refractivity contribution < 1.29 is 22.5 Å². The van der Waals surface area contributed by atoms with Gasteiger partial charge in [-0.15, -0.1) is 11.3 Å². The molecule has 4 rings (SSSR count). The highest BCUT2D eigenvalue weighted by Gasteiger charge is 2.25. The van der Waals surface area contributed by atoms with Crippen molar-refractivity contribution in [3.05, 3.63) is 76.6 Å². The first-order valence-electron chi connectivity index (χ1n) is 8.97. The molecule has 1 aromatic carbocycles. The topological polar surface area (TPSA) is 124 Å². The molecule has 0 aliphatic carbocycles. The summed E-state index contributed by atoms with van der Waals surface area (Å²) in [6, 6.07) is 11.8. The zero-order valence-corrected chi connectivity index (χ0v) is 17.8. The SMILES string of the molecule is COC(=O)c1sccc1S(=O)(=O)Nc1ccccc1Cc1nc(-c2cccnc2)no1. The van der Waals surface area contributed by atoms with Crippen LogP contribution in [0.15, 0.2) is 69.7 Å². The first-order valence-corrected chi connectivity index (χ1v) is 11.3. The average Bonchev–Trinajstić information content (AvgIpc) is 3.45. The van der Waals surface area contributed by atoms with Gasteiger partial charge in [0.1, 0.15) is 9.77 Å². The van der Waals surface area contributed by atoms with Crippen molar-refractivity contribution in [3.63, 3.8) is 0 Å². The van der Waals surface area contributed by atoms with Gasteiger partial charge in [0.05, 0.1) is 19.2 Å². The van der Waals surface area contributed by atoms with Crippen LogP contribution in [0, 0.1) is 0 Å². The first kappa shape index (κ1) is 20.7. The molecular formula is C20H16N4O5S2. The molecule has 4 aromatic rings. The number of pyridine rings is 1. The molecular weight excluding hydrogens is 440 g/mol. The summed E-state index contributed by atoms with van der Waals surface area (Å²) in [5.74, 6) is -0.00381. The van der Waals surface area contributed by atoms with Crippen molar-refractivity contribution in [3.8, 4) is 11.4 Å². The Kier molecular flexibility index (Phi) is 5.78. The van der Waals surface area contributed by atoms with Crippen LogP contribution in [0.25, 0.3) is 11.4 Å². The van der Waals surface area contributed by atoms with Gasteiger partial charge in [-0.1, -0.05) is 23.4 Å². The second-order valence-electron chi connectivity index (χ2n) is 6.30. The number of thiophene rings is 1. The highest BCUT2D eigenvalue weighted by atomic mass is 32.2. The van der Waals surface area contributed by atoms with Crippen LogP contribution in [-0.2, 0) is 21.2 Å². The van der Waals surface area contributed by atoms with E-state index >= 15 is 0 Å². The maximum absolute atomic E-state index is 12.9. The lowest BCUT2D eigenvalue weighted by atomic mass is 10.1. The first-order chi connectivity index (χ1) is 15.0. The van der Waals surface area contributed by atoms with E-state index in [4.69, 9.17) is 4.52 Å². The van der Waals surface area contributed by atoms with Crippen molar-refractivity contribution in [1.82, 2.24) is 15.1 Å². The van der Waals surface area contributed by atoms with Crippen LogP contribution in [0.2, 0.25) is 0 Å². The van der Waals surface area contributed by atoms with E-state index in [0.29, 0.717) is 28.5 Å². The minimum atomic E-state index is -4.02. The lowest BCUT2D eigenvalue weighted by Crippen LogP contribution is -2.16. The minimum Gasteiger partial charge on any atom is -0.465 e. The Hall–Kier alpha value is -3.57. The number of nitrogens with one attached hydrogen (secondary N) is 1. The van der Waals surface area contributed by atoms with Gasteiger partial charge in [0, 0.05) is 18.0 Å². The Labute approximate surface area is 181 Å². The van der Waals surface area contributed by atoms with Gasteiger partial charge in [0.15, 0.2) is 0 Å². The molecule has 31 heavy (non-hydrogen) atoms. The van der Waals surface area contributed by atoms with E-state index in [1.54, 1.807) is 42.7 Å². The Morgan fingerprint density at radius 1 is 1.19 bits per heavy atom. The molecule has 0 bridgehead atoms. The molecule has 3 aromatic heterocycles. The predicted molar refractivity (Wildman–Crippen MR) is 113 cm³/mol. The number of hydrogen-bond acceptors (Lipinski definition) is 9. The highest BCUT2D eigenvalue weighted by Crippen LogP contribution is 2.27. The van der Waals surface area contributed by atoms with Crippen molar-refractivity contribution in [2.24, 2.45) is 0 Å². The molecule has 0 atom stereocenters. The Morgan fingerprint density at radius 3 is 2.81 bits per heavy atom. The highest BCUT2D eigenvalue weighted by molar-refractivity contribution is 7.93. The van der Waals surface area contributed by atoms with Crippen LogP contribution < -0.4 is 4.72 Å². The largest absolute Gasteiger partial charge is 0.465 e. The Balaban J connectivity index is 1.59. The van der Waals surface area contributed by atoms with Crippen LogP contribution in [-0.4, -0.2) is 36.6 Å². The number of sulfonamides is 1. The fraction of sp³-hybridized carbons (Fsp3) is 0.100. The van der Waals surface area contributed by atoms with Crippen LogP contribution in [0.5, 0.6) is 0 Å². The third-order valence-corrected chi connectivity index (χ3v) is 6.71. The molecule has 0 aliphatic heterocycles. The Bertz CT molecular complexity index is 1320. The van der Waals surface area contributed by atoms with Crippen LogP contribution in [0.3, 0.4) is 0 Å². The van der Waals surface area contributed by atoms with E-state index in [1.807, 2.05) is 6.07 Å². The van der Waals surface area contributed by atoms with Gasteiger partial charge in [-0.05, 0) is 35.2 Å². The number of carbonyl (C=O) groups excluding carboxylic acids is 1. The smallest absolute Gasteiger partial charge is 0.349 e. The number of aromatic nitrogens is 3. The lowest BCUT2D eigenvalue weighted by molar-refractivity contribution is 0.0602. The summed E-state index contributed by atoms with van der Waals surface area (Å²) < 4.78 is 38.4. The van der Waals surface area contributed by atoms with Crippen molar-refractivity contribution in [2.75, 3.05) is 11.8 Å². The second kappa shape index (κ2) is 8.66. The summed E-state index contributed by atoms with van der Waals surface area (Å²) in [5, 5.41) is 5.47. The van der Waals surface area contributed by atoms with Gasteiger partial charge < -0.3 is 9.26 Å². The second-order valence-corrected chi connectivity index (χ2v) is 8.87. The molecule has 0 unspecified atom stereocenters. The van der Waals surface area contributed by atoms with Crippen LogP contribution in [0.1, 0.15) is 21.1 Å². The number of ether oxygens (including phenoxy) is 1. The van der Waals surface area contributed by atoms with Gasteiger partial charge in [-0.2, -0.15) is 4.98 Å². The van der Waals surface area contributed by atoms with Gasteiger partial charge in [-0.25, -0.2) is 13.2 Å². The van der Waals surface area contributed by atoms with Crippen molar-refractivity contribution >= 4 is 33.0 Å². The molecule has 0 amide bonds. The summed E-state index contributed by atoms with van der Waals surface area (Å²) in [4.78, 5) is 20.1. The minimum absolute atomic E-state index is 0.00509. The molecule has 0 spiro atoms. The molecule has 0 aliphatic rings. The van der Waals surface area contributed by atoms with Gasteiger partial charge in [-0.3, -0.25) is 9.71 Å². The van der Waals surface area contributed by atoms with E-state index < -0.39 is 16.0 Å². The lowest BCUT2D eigenvalue weighted by Gasteiger charge is -2.11. The number of para-hydroxylation sites is 1. The quantitative estimate of drug-likeness (QED) is 0.420. The fourth-order valence-electron chi connectivity index (χ4n) is 2.83. The molecule has 0 radical (unpaired) electrons. The maximum atomic E-state index is 12.9. The summed E-state index contributed by atoms with van der Waals surface area (Å²) in [6.45, 7) is 0. The number of carbonyl (C=O) groups is 1. The molecule has 158 valence electrons. The molecule has 0 saturated heterocycles. The molecule has 1 N–H and O–H groups in total. The predicted octanol–water partition coefficient (Wildman–Crippen LogP) is 3.37. The number of nitrogens with zero attached hydrogens (tertiary/aromatic N) is 3. The monoisotopic (exact) mass is 456 g/mol. The summed E-state index contributed by atoms with van der Waals surface area (Å²) in [5.41, 5.74) is 1.67. The number of methoxy groups -OCH3 is 1. The Morgan fingerprint density at radius 2 is 2.03 bits per heavy atom. The van der Waals surface area contributed by atoms with E-state index in [9.17, 15) is 13.2 Å². The van der Waals surface area contributed by atoms with Gasteiger partial charge >= 0.3 is 5.97 Å². The summed E-state index contributed by atoms with van der Waals surface area (Å²) in [7, 11) is -2.82. The zero-order valence-electron chi connectivity index (χ0n) is 16.2. The third kappa shape index (κ3) is 4.47. The van der Waals surface area contributed by atoms with E-state index in [0.717, 1.165) is 11.3 Å². The number of hydrogen-bond donors (Lipinski definition) is 1.